The van der Waals surface area contributed by atoms with Crippen LogP contribution in [-0.2, 0) is 12.3 Å². The van der Waals surface area contributed by atoms with Gasteiger partial charge in [-0.15, -0.1) is 16.8 Å². The molecule has 3 nitrogen and oxygen atoms in total. The van der Waals surface area contributed by atoms with Gasteiger partial charge in [-0.2, -0.15) is 0 Å². The third kappa shape index (κ3) is 3.60. The average molecular weight is 335 g/mol. The van der Waals surface area contributed by atoms with Gasteiger partial charge in [0.2, 0.25) is 0 Å². The van der Waals surface area contributed by atoms with Crippen LogP contribution in [0, 0.1) is 13.8 Å². The SMILES string of the molecule is C=CCn1c(SCc2ccccc2C)nnc1-c1cccc(C)c1. The number of aromatic nitrogens is 3. The van der Waals surface area contributed by atoms with Crippen LogP contribution in [0.3, 0.4) is 0 Å². The first-order chi connectivity index (χ1) is 11.7. The zero-order valence-electron chi connectivity index (χ0n) is 14.1. The van der Waals surface area contributed by atoms with Crippen LogP contribution in [0.1, 0.15) is 16.7 Å². The van der Waals surface area contributed by atoms with Crippen LogP contribution in [0.2, 0.25) is 0 Å². The first kappa shape index (κ1) is 16.5. The Balaban J connectivity index is 1.89. The quantitative estimate of drug-likeness (QED) is 0.467. The lowest BCUT2D eigenvalue weighted by Gasteiger charge is -2.09. The normalized spacial score (nSPS) is 10.8. The number of rotatable bonds is 6. The van der Waals surface area contributed by atoms with Crippen LogP contribution in [0.25, 0.3) is 11.4 Å². The van der Waals surface area contributed by atoms with E-state index < -0.39 is 0 Å². The summed E-state index contributed by atoms with van der Waals surface area (Å²) >= 11 is 1.72. The lowest BCUT2D eigenvalue weighted by Crippen LogP contribution is -2.01. The van der Waals surface area contributed by atoms with E-state index in [9.17, 15) is 0 Å². The summed E-state index contributed by atoms with van der Waals surface area (Å²) in [5.41, 5.74) is 4.94. The van der Waals surface area contributed by atoms with E-state index in [4.69, 9.17) is 0 Å². The van der Waals surface area contributed by atoms with E-state index in [1.165, 1.54) is 16.7 Å². The first-order valence-corrected chi connectivity index (χ1v) is 8.96. The van der Waals surface area contributed by atoms with Crippen LogP contribution in [0.15, 0.2) is 66.3 Å². The Kier molecular flexibility index (Phi) is 5.16. The molecule has 0 aliphatic heterocycles. The van der Waals surface area contributed by atoms with Crippen molar-refractivity contribution >= 4 is 11.8 Å². The molecule has 0 aliphatic carbocycles. The highest BCUT2D eigenvalue weighted by Crippen LogP contribution is 2.27. The molecule has 0 bridgehead atoms. The summed E-state index contributed by atoms with van der Waals surface area (Å²) < 4.78 is 2.13. The van der Waals surface area contributed by atoms with Gasteiger partial charge in [0.15, 0.2) is 11.0 Å². The molecule has 0 fully saturated rings. The lowest BCUT2D eigenvalue weighted by atomic mass is 10.1. The Bertz CT molecular complexity index is 852. The molecule has 0 unspecified atom stereocenters. The maximum atomic E-state index is 4.43. The molecule has 3 rings (SSSR count). The van der Waals surface area contributed by atoms with Crippen molar-refractivity contribution in [3.8, 4) is 11.4 Å². The highest BCUT2D eigenvalue weighted by Gasteiger charge is 2.14. The molecule has 0 atom stereocenters. The molecule has 24 heavy (non-hydrogen) atoms. The fourth-order valence-electron chi connectivity index (χ4n) is 2.60. The number of hydrogen-bond acceptors (Lipinski definition) is 3. The van der Waals surface area contributed by atoms with E-state index in [1.807, 2.05) is 6.08 Å². The minimum atomic E-state index is 0.701. The Morgan fingerprint density at radius 3 is 2.67 bits per heavy atom. The number of thioether (sulfide) groups is 1. The number of benzene rings is 2. The average Bonchev–Trinajstić information content (AvgIpc) is 2.97. The van der Waals surface area contributed by atoms with Crippen LogP contribution < -0.4 is 0 Å². The predicted octanol–water partition coefficient (Wildman–Crippen LogP) is 5.04. The van der Waals surface area contributed by atoms with Crippen LogP contribution in [-0.4, -0.2) is 14.8 Å². The van der Waals surface area contributed by atoms with E-state index in [-0.39, 0.29) is 0 Å². The number of nitrogens with zero attached hydrogens (tertiary/aromatic N) is 3. The van der Waals surface area contributed by atoms with Gasteiger partial charge in [-0.05, 0) is 31.0 Å². The number of hydrogen-bond donors (Lipinski definition) is 0. The molecule has 122 valence electrons. The molecule has 1 aromatic heterocycles. The van der Waals surface area contributed by atoms with Crippen molar-refractivity contribution < 1.29 is 0 Å². The smallest absolute Gasteiger partial charge is 0.192 e. The molecule has 2 aromatic carbocycles. The van der Waals surface area contributed by atoms with E-state index in [0.717, 1.165) is 22.3 Å². The van der Waals surface area contributed by atoms with Crippen molar-refractivity contribution in [2.45, 2.75) is 31.3 Å². The molecule has 0 saturated carbocycles. The summed E-state index contributed by atoms with van der Waals surface area (Å²) in [4.78, 5) is 0. The highest BCUT2D eigenvalue weighted by molar-refractivity contribution is 7.98. The third-order valence-corrected chi connectivity index (χ3v) is 4.94. The largest absolute Gasteiger partial charge is 0.298 e. The molecular formula is C20H21N3S. The van der Waals surface area contributed by atoms with Crippen molar-refractivity contribution in [2.75, 3.05) is 0 Å². The summed E-state index contributed by atoms with van der Waals surface area (Å²) in [6.45, 7) is 8.81. The van der Waals surface area contributed by atoms with Crippen LogP contribution >= 0.6 is 11.8 Å². The topological polar surface area (TPSA) is 30.7 Å². The van der Waals surface area contributed by atoms with Crippen molar-refractivity contribution in [3.05, 3.63) is 77.9 Å². The fourth-order valence-corrected chi connectivity index (χ4v) is 3.63. The molecule has 4 heteroatoms. The van der Waals surface area contributed by atoms with Gasteiger partial charge in [0.05, 0.1) is 0 Å². The lowest BCUT2D eigenvalue weighted by molar-refractivity contribution is 0.731. The van der Waals surface area contributed by atoms with Gasteiger partial charge < -0.3 is 0 Å². The Labute approximate surface area is 147 Å². The molecule has 0 saturated heterocycles. The second kappa shape index (κ2) is 7.49. The Morgan fingerprint density at radius 1 is 1.08 bits per heavy atom. The fraction of sp³-hybridized carbons (Fsp3) is 0.200. The minimum Gasteiger partial charge on any atom is -0.298 e. The van der Waals surface area contributed by atoms with E-state index in [2.05, 4.69) is 83.7 Å². The van der Waals surface area contributed by atoms with Crippen molar-refractivity contribution in [1.82, 2.24) is 14.8 Å². The Hall–Kier alpha value is -2.33. The van der Waals surface area contributed by atoms with Gasteiger partial charge in [0, 0.05) is 17.9 Å². The second-order valence-electron chi connectivity index (χ2n) is 5.79. The maximum absolute atomic E-state index is 4.43. The van der Waals surface area contributed by atoms with E-state index in [0.29, 0.717) is 6.54 Å². The van der Waals surface area contributed by atoms with Crippen molar-refractivity contribution in [2.24, 2.45) is 0 Å². The standard InChI is InChI=1S/C20H21N3S/c1-4-12-23-19(17-11-7-8-15(2)13-17)21-22-20(23)24-14-18-10-6-5-9-16(18)3/h4-11,13H,1,12,14H2,2-3H3. The summed E-state index contributed by atoms with van der Waals surface area (Å²) in [5, 5.41) is 9.76. The summed E-state index contributed by atoms with van der Waals surface area (Å²) in [6, 6.07) is 16.8. The molecule has 0 N–H and O–H groups in total. The third-order valence-electron chi connectivity index (χ3n) is 3.92. The van der Waals surface area contributed by atoms with Gasteiger partial charge in [-0.3, -0.25) is 4.57 Å². The number of allylic oxidation sites excluding steroid dienone is 1. The molecule has 0 spiro atoms. The molecule has 0 amide bonds. The van der Waals surface area contributed by atoms with Gasteiger partial charge in [-0.25, -0.2) is 0 Å². The minimum absolute atomic E-state index is 0.701. The maximum Gasteiger partial charge on any atom is 0.192 e. The Morgan fingerprint density at radius 2 is 1.92 bits per heavy atom. The molecule has 0 aliphatic rings. The second-order valence-corrected chi connectivity index (χ2v) is 6.73. The molecule has 3 aromatic rings. The van der Waals surface area contributed by atoms with Crippen LogP contribution in [0.5, 0.6) is 0 Å². The van der Waals surface area contributed by atoms with E-state index >= 15 is 0 Å². The molecule has 1 heterocycles. The number of aryl methyl sites for hydroxylation is 2. The zero-order chi connectivity index (χ0) is 16.9. The summed E-state index contributed by atoms with van der Waals surface area (Å²) in [6.07, 6.45) is 1.89. The van der Waals surface area contributed by atoms with Crippen LogP contribution in [0.4, 0.5) is 0 Å². The predicted molar refractivity (Wildman–Crippen MR) is 101 cm³/mol. The van der Waals surface area contributed by atoms with Gasteiger partial charge in [0.1, 0.15) is 0 Å². The first-order valence-electron chi connectivity index (χ1n) is 7.97. The summed E-state index contributed by atoms with van der Waals surface area (Å²) in [7, 11) is 0. The van der Waals surface area contributed by atoms with Gasteiger partial charge >= 0.3 is 0 Å². The molecular weight excluding hydrogens is 314 g/mol. The van der Waals surface area contributed by atoms with Crippen molar-refractivity contribution in [3.63, 3.8) is 0 Å². The highest BCUT2D eigenvalue weighted by atomic mass is 32.2. The zero-order valence-corrected chi connectivity index (χ0v) is 14.9. The monoisotopic (exact) mass is 335 g/mol. The van der Waals surface area contributed by atoms with E-state index in [1.54, 1.807) is 11.8 Å². The molecule has 0 radical (unpaired) electrons. The van der Waals surface area contributed by atoms with Gasteiger partial charge in [0.25, 0.3) is 0 Å². The van der Waals surface area contributed by atoms with Gasteiger partial charge in [-0.1, -0.05) is 65.9 Å². The van der Waals surface area contributed by atoms with Crippen molar-refractivity contribution in [1.29, 1.82) is 0 Å². The summed E-state index contributed by atoms with van der Waals surface area (Å²) in [5.74, 6) is 1.78.